The van der Waals surface area contributed by atoms with Crippen LogP contribution in [0.2, 0.25) is 0 Å². The van der Waals surface area contributed by atoms with Gasteiger partial charge in [-0.25, -0.2) is 8.42 Å². The van der Waals surface area contributed by atoms with E-state index in [1.807, 2.05) is 0 Å². The normalized spacial score (nSPS) is 30.3. The Balaban J connectivity index is 1.93. The van der Waals surface area contributed by atoms with Gasteiger partial charge in [-0.1, -0.05) is 32.9 Å². The van der Waals surface area contributed by atoms with Crippen molar-refractivity contribution >= 4 is 15.8 Å². The van der Waals surface area contributed by atoms with Crippen molar-refractivity contribution in [3.05, 3.63) is 29.8 Å². The first-order valence-corrected chi connectivity index (χ1v) is 9.59. The van der Waals surface area contributed by atoms with Crippen molar-refractivity contribution in [3.8, 4) is 0 Å². The van der Waals surface area contributed by atoms with E-state index in [0.717, 1.165) is 19.3 Å². The summed E-state index contributed by atoms with van der Waals surface area (Å²) in [6, 6.07) is 6.40. The Hall–Kier alpha value is -1.20. The number of hydrogen-bond donors (Lipinski definition) is 0. The molecule has 0 radical (unpaired) electrons. The Kier molecular flexibility index (Phi) is 3.73. The zero-order chi connectivity index (χ0) is 17.0. The molecule has 2 atom stereocenters. The standard InChI is InChI=1S/C18H25NO3S/c1-13(20)14-5-7-16(8-6-14)23(21,22)19-12-18(4)10-15(19)9-17(2,3)11-18/h5-8,15H,9-12H2,1-4H3/t15-,18+/m1/s1. The molecule has 1 aromatic carbocycles. The molecule has 126 valence electrons. The van der Waals surface area contributed by atoms with Crippen LogP contribution >= 0.6 is 0 Å². The maximum Gasteiger partial charge on any atom is 0.243 e. The molecule has 1 heterocycles. The molecule has 2 aliphatic rings. The van der Waals surface area contributed by atoms with Crippen molar-refractivity contribution in [1.29, 1.82) is 0 Å². The lowest BCUT2D eigenvalue weighted by Gasteiger charge is -2.39. The first-order chi connectivity index (χ1) is 10.5. The molecule has 1 saturated carbocycles. The van der Waals surface area contributed by atoms with Crippen molar-refractivity contribution < 1.29 is 13.2 Å². The number of sulfonamides is 1. The van der Waals surface area contributed by atoms with Crippen LogP contribution in [0.4, 0.5) is 0 Å². The molecular weight excluding hydrogens is 310 g/mol. The van der Waals surface area contributed by atoms with Crippen LogP contribution in [0.15, 0.2) is 29.2 Å². The van der Waals surface area contributed by atoms with Gasteiger partial charge in [0, 0.05) is 18.2 Å². The SMILES string of the molecule is CC(=O)c1ccc(S(=O)(=O)N2C[C@@]3(C)C[C@H]2CC(C)(C)C3)cc1. The molecule has 5 heteroatoms. The summed E-state index contributed by atoms with van der Waals surface area (Å²) in [5, 5.41) is 0. The van der Waals surface area contributed by atoms with Gasteiger partial charge in [-0.2, -0.15) is 4.31 Å². The summed E-state index contributed by atoms with van der Waals surface area (Å²) in [6.07, 6.45) is 2.92. The molecule has 0 unspecified atom stereocenters. The fraction of sp³-hybridized carbons (Fsp3) is 0.611. The Morgan fingerprint density at radius 1 is 1.13 bits per heavy atom. The van der Waals surface area contributed by atoms with Crippen LogP contribution < -0.4 is 0 Å². The first-order valence-electron chi connectivity index (χ1n) is 8.15. The van der Waals surface area contributed by atoms with E-state index in [1.165, 1.54) is 6.92 Å². The summed E-state index contributed by atoms with van der Waals surface area (Å²) in [6.45, 7) is 8.74. The predicted molar refractivity (Wildman–Crippen MR) is 89.9 cm³/mol. The van der Waals surface area contributed by atoms with E-state index in [2.05, 4.69) is 20.8 Å². The summed E-state index contributed by atoms with van der Waals surface area (Å²) < 4.78 is 27.8. The van der Waals surface area contributed by atoms with Gasteiger partial charge in [0.1, 0.15) is 0 Å². The molecule has 4 nitrogen and oxygen atoms in total. The highest BCUT2D eigenvalue weighted by Gasteiger charge is 2.53. The first kappa shape index (κ1) is 16.7. The van der Waals surface area contributed by atoms with Crippen LogP contribution in [-0.4, -0.2) is 31.1 Å². The van der Waals surface area contributed by atoms with Crippen molar-refractivity contribution in [2.24, 2.45) is 10.8 Å². The zero-order valence-electron chi connectivity index (χ0n) is 14.3. The van der Waals surface area contributed by atoms with Gasteiger partial charge in [0.15, 0.2) is 5.78 Å². The lowest BCUT2D eigenvalue weighted by molar-refractivity contribution is 0.101. The third-order valence-electron chi connectivity index (χ3n) is 5.23. The lowest BCUT2D eigenvalue weighted by Crippen LogP contribution is -2.37. The molecule has 0 spiro atoms. The number of ketones is 1. The number of nitrogens with zero attached hydrogens (tertiary/aromatic N) is 1. The molecule has 1 saturated heterocycles. The van der Waals surface area contributed by atoms with E-state index in [-0.39, 0.29) is 27.6 Å². The fourth-order valence-electron chi connectivity index (χ4n) is 4.69. The topological polar surface area (TPSA) is 54.5 Å². The van der Waals surface area contributed by atoms with Crippen molar-refractivity contribution in [3.63, 3.8) is 0 Å². The smallest absolute Gasteiger partial charge is 0.243 e. The minimum absolute atomic E-state index is 0.0553. The maximum absolute atomic E-state index is 13.1. The molecule has 1 aromatic rings. The highest BCUT2D eigenvalue weighted by atomic mass is 32.2. The van der Waals surface area contributed by atoms with Crippen LogP contribution in [-0.2, 0) is 10.0 Å². The minimum Gasteiger partial charge on any atom is -0.295 e. The number of hydrogen-bond acceptors (Lipinski definition) is 3. The van der Waals surface area contributed by atoms with E-state index in [1.54, 1.807) is 28.6 Å². The second-order valence-electron chi connectivity index (χ2n) is 8.34. The Morgan fingerprint density at radius 3 is 2.30 bits per heavy atom. The summed E-state index contributed by atoms with van der Waals surface area (Å²) in [5.74, 6) is -0.0553. The molecule has 0 amide bonds. The molecule has 1 aliphatic carbocycles. The Labute approximate surface area is 138 Å². The van der Waals surface area contributed by atoms with E-state index in [0.29, 0.717) is 12.1 Å². The van der Waals surface area contributed by atoms with Crippen molar-refractivity contribution in [2.75, 3.05) is 6.54 Å². The molecule has 2 bridgehead atoms. The van der Waals surface area contributed by atoms with E-state index >= 15 is 0 Å². The number of rotatable bonds is 3. The fourth-order valence-corrected chi connectivity index (χ4v) is 6.46. The van der Waals surface area contributed by atoms with E-state index in [4.69, 9.17) is 0 Å². The summed E-state index contributed by atoms with van der Waals surface area (Å²) in [4.78, 5) is 11.7. The summed E-state index contributed by atoms with van der Waals surface area (Å²) in [5.41, 5.74) is 0.788. The highest BCUT2D eigenvalue weighted by Crippen LogP contribution is 2.53. The summed E-state index contributed by atoms with van der Waals surface area (Å²) >= 11 is 0. The van der Waals surface area contributed by atoms with Crippen molar-refractivity contribution in [2.45, 2.75) is 57.9 Å². The third kappa shape index (κ3) is 2.96. The maximum atomic E-state index is 13.1. The second-order valence-corrected chi connectivity index (χ2v) is 10.2. The summed E-state index contributed by atoms with van der Waals surface area (Å²) in [7, 11) is -3.50. The zero-order valence-corrected chi connectivity index (χ0v) is 15.1. The van der Waals surface area contributed by atoms with Crippen LogP contribution in [0.3, 0.4) is 0 Å². The van der Waals surface area contributed by atoms with Gasteiger partial charge in [0.05, 0.1) is 4.90 Å². The number of Topliss-reactive ketones (excluding diaryl/α,β-unsaturated/α-hetero) is 1. The minimum atomic E-state index is -3.50. The molecule has 3 rings (SSSR count). The number of carbonyl (C=O) groups excluding carboxylic acids is 1. The van der Waals surface area contributed by atoms with E-state index in [9.17, 15) is 13.2 Å². The molecule has 0 aromatic heterocycles. The van der Waals surface area contributed by atoms with Gasteiger partial charge in [-0.05, 0) is 49.1 Å². The molecule has 23 heavy (non-hydrogen) atoms. The van der Waals surface area contributed by atoms with Gasteiger partial charge in [-0.3, -0.25) is 4.79 Å². The van der Waals surface area contributed by atoms with Gasteiger partial charge < -0.3 is 0 Å². The number of fused-ring (bicyclic) bond motifs is 2. The van der Waals surface area contributed by atoms with Crippen LogP contribution in [0.5, 0.6) is 0 Å². The van der Waals surface area contributed by atoms with Crippen molar-refractivity contribution in [1.82, 2.24) is 4.31 Å². The Bertz CT molecular complexity index is 736. The van der Waals surface area contributed by atoms with Crippen LogP contribution in [0.25, 0.3) is 0 Å². The largest absolute Gasteiger partial charge is 0.295 e. The third-order valence-corrected chi connectivity index (χ3v) is 7.15. The average molecular weight is 335 g/mol. The average Bonchev–Trinajstić information content (AvgIpc) is 2.68. The predicted octanol–water partition coefficient (Wildman–Crippen LogP) is 3.48. The highest BCUT2D eigenvalue weighted by molar-refractivity contribution is 7.89. The molecular formula is C18H25NO3S. The van der Waals surface area contributed by atoms with Gasteiger partial charge in [-0.15, -0.1) is 0 Å². The lowest BCUT2D eigenvalue weighted by atomic mass is 9.65. The van der Waals surface area contributed by atoms with Gasteiger partial charge >= 0.3 is 0 Å². The second kappa shape index (κ2) is 5.15. The van der Waals surface area contributed by atoms with Gasteiger partial charge in [0.25, 0.3) is 0 Å². The quantitative estimate of drug-likeness (QED) is 0.795. The molecule has 2 fully saturated rings. The number of carbonyl (C=O) groups is 1. The van der Waals surface area contributed by atoms with Gasteiger partial charge in [0.2, 0.25) is 10.0 Å². The van der Waals surface area contributed by atoms with Crippen LogP contribution in [0, 0.1) is 10.8 Å². The molecule has 1 aliphatic heterocycles. The molecule has 0 N–H and O–H groups in total. The monoisotopic (exact) mass is 335 g/mol. The number of benzene rings is 1. The Morgan fingerprint density at radius 2 is 1.74 bits per heavy atom. The van der Waals surface area contributed by atoms with Crippen LogP contribution in [0.1, 0.15) is 57.3 Å². The van der Waals surface area contributed by atoms with E-state index < -0.39 is 10.0 Å².